The number of hydrogen-bond acceptors (Lipinski definition) is 3. The van der Waals surface area contributed by atoms with Gasteiger partial charge in [-0.2, -0.15) is 0 Å². The normalized spacial score (nSPS) is 27.2. The molecule has 0 amide bonds. The summed E-state index contributed by atoms with van der Waals surface area (Å²) in [5.41, 5.74) is 0. The van der Waals surface area contributed by atoms with Crippen LogP contribution < -0.4 is 0 Å². The maximum absolute atomic E-state index is 6.51. The molecule has 1 aliphatic rings. The highest BCUT2D eigenvalue weighted by atomic mass is 28.4. The summed E-state index contributed by atoms with van der Waals surface area (Å²) < 4.78 is 18.4. The molecule has 3 atom stereocenters. The summed E-state index contributed by atoms with van der Waals surface area (Å²) in [4.78, 5) is 0. The third-order valence-electron chi connectivity index (χ3n) is 4.27. The molecule has 0 bridgehead atoms. The molecule has 0 aromatic heterocycles. The monoisotopic (exact) mass is 298 g/mol. The first-order chi connectivity index (χ1) is 9.36. The van der Waals surface area contributed by atoms with E-state index in [0.29, 0.717) is 0 Å². The Hall–Kier alpha value is -0.423. The van der Waals surface area contributed by atoms with Crippen LogP contribution in [0.25, 0.3) is 0 Å². The molecule has 1 saturated heterocycles. The quantitative estimate of drug-likeness (QED) is 0.495. The zero-order chi connectivity index (χ0) is 15.4. The van der Waals surface area contributed by atoms with Crippen molar-refractivity contribution in [1.29, 1.82) is 0 Å². The third-order valence-corrected chi connectivity index (χ3v) is 8.91. The van der Waals surface area contributed by atoms with Gasteiger partial charge in [0.2, 0.25) is 0 Å². The van der Waals surface area contributed by atoms with Crippen molar-refractivity contribution < 1.29 is 13.9 Å². The van der Waals surface area contributed by atoms with E-state index in [4.69, 9.17) is 13.9 Å². The summed E-state index contributed by atoms with van der Waals surface area (Å²) in [6, 6.07) is 3.33. The second-order valence-electron chi connectivity index (χ2n) is 5.86. The molecule has 0 spiro atoms. The maximum atomic E-state index is 6.51. The van der Waals surface area contributed by atoms with Crippen molar-refractivity contribution >= 4 is 8.32 Å². The summed E-state index contributed by atoms with van der Waals surface area (Å²) >= 11 is 0. The minimum absolute atomic E-state index is 0.133. The Bertz CT molecular complexity index is 328. The van der Waals surface area contributed by atoms with E-state index < -0.39 is 14.1 Å². The van der Waals surface area contributed by atoms with Crippen LogP contribution in [0.4, 0.5) is 0 Å². The van der Waals surface area contributed by atoms with Gasteiger partial charge in [0.15, 0.2) is 14.1 Å². The Kier molecular flexibility index (Phi) is 6.19. The Labute approximate surface area is 125 Å². The van der Waals surface area contributed by atoms with Gasteiger partial charge in [0.25, 0.3) is 0 Å². The van der Waals surface area contributed by atoms with E-state index in [2.05, 4.69) is 33.9 Å². The third kappa shape index (κ3) is 3.82. The summed E-state index contributed by atoms with van der Waals surface area (Å²) in [6.45, 7) is 18.3. The van der Waals surface area contributed by atoms with Gasteiger partial charge >= 0.3 is 0 Å². The Morgan fingerprint density at radius 2 is 1.70 bits per heavy atom. The zero-order valence-corrected chi connectivity index (χ0v) is 14.6. The van der Waals surface area contributed by atoms with Crippen molar-refractivity contribution in [3.05, 3.63) is 25.3 Å². The summed E-state index contributed by atoms with van der Waals surface area (Å²) in [5.74, 6) is -0.594. The lowest BCUT2D eigenvalue weighted by atomic mass is 10.1. The molecular weight excluding hydrogens is 268 g/mol. The first-order valence-corrected chi connectivity index (χ1v) is 10.2. The first kappa shape index (κ1) is 17.6. The summed E-state index contributed by atoms with van der Waals surface area (Å²) in [6.07, 6.45) is 3.22. The van der Waals surface area contributed by atoms with E-state index in [0.717, 1.165) is 18.1 Å². The van der Waals surface area contributed by atoms with E-state index in [1.807, 2.05) is 19.9 Å². The van der Waals surface area contributed by atoms with Gasteiger partial charge < -0.3 is 13.9 Å². The molecule has 0 aromatic carbocycles. The van der Waals surface area contributed by atoms with Gasteiger partial charge in [0.05, 0.1) is 6.10 Å². The lowest BCUT2D eigenvalue weighted by Crippen LogP contribution is -2.45. The molecule has 3 nitrogen and oxygen atoms in total. The second kappa shape index (κ2) is 7.03. The van der Waals surface area contributed by atoms with Crippen LogP contribution in [0.2, 0.25) is 18.1 Å². The van der Waals surface area contributed by atoms with Crippen LogP contribution in [0.5, 0.6) is 0 Å². The fourth-order valence-electron chi connectivity index (χ4n) is 2.79. The first-order valence-electron chi connectivity index (χ1n) is 7.65. The number of hydrogen-bond donors (Lipinski definition) is 0. The van der Waals surface area contributed by atoms with E-state index in [1.54, 1.807) is 6.08 Å². The molecule has 1 heterocycles. The van der Waals surface area contributed by atoms with Gasteiger partial charge in [0, 0.05) is 0 Å². The molecule has 0 unspecified atom stereocenters. The summed E-state index contributed by atoms with van der Waals surface area (Å²) in [5, 5.41) is 0. The van der Waals surface area contributed by atoms with Crippen molar-refractivity contribution in [2.24, 2.45) is 0 Å². The zero-order valence-electron chi connectivity index (χ0n) is 13.6. The van der Waals surface area contributed by atoms with E-state index in [1.165, 1.54) is 0 Å². The van der Waals surface area contributed by atoms with Gasteiger partial charge in [-0.25, -0.2) is 0 Å². The molecule has 20 heavy (non-hydrogen) atoms. The highest BCUT2D eigenvalue weighted by molar-refractivity contribution is 6.73. The van der Waals surface area contributed by atoms with Crippen LogP contribution >= 0.6 is 0 Å². The predicted octanol–water partition coefficient (Wildman–Crippen LogP) is 4.27. The van der Waals surface area contributed by atoms with Crippen LogP contribution in [0.1, 0.15) is 34.6 Å². The smallest absolute Gasteiger partial charge is 0.193 e. The standard InChI is InChI=1S/C16H30O3Si/c1-8-13-15(18-16(6,7)17-13)14(9-2)19-20(10-3,11-4)12-5/h8-9,13-15H,1-2,10-12H2,3-7H3/t13-,14-,15-/m1/s1. The Balaban J connectivity index is 2.90. The lowest BCUT2D eigenvalue weighted by molar-refractivity contribution is -0.149. The van der Waals surface area contributed by atoms with E-state index >= 15 is 0 Å². The number of rotatable bonds is 8. The van der Waals surface area contributed by atoms with Crippen LogP contribution in [0.3, 0.4) is 0 Å². The van der Waals surface area contributed by atoms with Crippen molar-refractivity contribution in [3.8, 4) is 0 Å². The molecular formula is C16H30O3Si. The Morgan fingerprint density at radius 1 is 1.15 bits per heavy atom. The topological polar surface area (TPSA) is 27.7 Å². The highest BCUT2D eigenvalue weighted by Gasteiger charge is 2.45. The lowest BCUT2D eigenvalue weighted by Gasteiger charge is -2.35. The fourth-order valence-corrected chi connectivity index (χ4v) is 5.60. The summed E-state index contributed by atoms with van der Waals surface area (Å²) in [7, 11) is -1.70. The van der Waals surface area contributed by atoms with Crippen LogP contribution in [0, 0.1) is 0 Å². The van der Waals surface area contributed by atoms with Crippen molar-refractivity contribution in [2.45, 2.75) is 76.8 Å². The van der Waals surface area contributed by atoms with Gasteiger partial charge in [-0.05, 0) is 32.0 Å². The average molecular weight is 298 g/mol. The SMILES string of the molecule is C=C[C@H]1OC(C)(C)O[C@H]1[C@@H](C=C)O[Si](CC)(CC)CC. The van der Waals surface area contributed by atoms with Gasteiger partial charge in [-0.15, -0.1) is 13.2 Å². The molecule has 1 aliphatic heterocycles. The largest absolute Gasteiger partial charge is 0.408 e. The fraction of sp³-hybridized carbons (Fsp3) is 0.750. The van der Waals surface area contributed by atoms with Crippen LogP contribution in [-0.4, -0.2) is 32.4 Å². The molecule has 0 aromatic rings. The van der Waals surface area contributed by atoms with Crippen molar-refractivity contribution in [2.75, 3.05) is 0 Å². The molecule has 4 heteroatoms. The maximum Gasteiger partial charge on any atom is 0.193 e. The molecule has 0 radical (unpaired) electrons. The number of ether oxygens (including phenoxy) is 2. The Morgan fingerprint density at radius 3 is 2.10 bits per heavy atom. The minimum atomic E-state index is -1.70. The highest BCUT2D eigenvalue weighted by Crippen LogP contribution is 2.34. The molecule has 1 fully saturated rings. The van der Waals surface area contributed by atoms with E-state index in [-0.39, 0.29) is 18.3 Å². The molecule has 116 valence electrons. The van der Waals surface area contributed by atoms with Gasteiger partial charge in [-0.1, -0.05) is 32.9 Å². The van der Waals surface area contributed by atoms with Crippen molar-refractivity contribution in [1.82, 2.24) is 0 Å². The molecule has 0 N–H and O–H groups in total. The molecule has 1 rings (SSSR count). The minimum Gasteiger partial charge on any atom is -0.408 e. The van der Waals surface area contributed by atoms with Crippen LogP contribution in [0.15, 0.2) is 25.3 Å². The van der Waals surface area contributed by atoms with Gasteiger partial charge in [-0.3, -0.25) is 0 Å². The van der Waals surface area contributed by atoms with E-state index in [9.17, 15) is 0 Å². The predicted molar refractivity (Wildman–Crippen MR) is 86.3 cm³/mol. The second-order valence-corrected chi connectivity index (χ2v) is 10.6. The molecule has 0 aliphatic carbocycles. The molecule has 0 saturated carbocycles. The average Bonchev–Trinajstić information content (AvgIpc) is 2.76. The van der Waals surface area contributed by atoms with Crippen molar-refractivity contribution in [3.63, 3.8) is 0 Å². The van der Waals surface area contributed by atoms with Gasteiger partial charge in [0.1, 0.15) is 12.2 Å². The van der Waals surface area contributed by atoms with Crippen LogP contribution in [-0.2, 0) is 13.9 Å².